The second kappa shape index (κ2) is 8.59. The molecule has 1 unspecified atom stereocenters. The summed E-state index contributed by atoms with van der Waals surface area (Å²) in [6.07, 6.45) is 0. The summed E-state index contributed by atoms with van der Waals surface area (Å²) in [6, 6.07) is 12.3. The normalized spacial score (nSPS) is 15.2. The van der Waals surface area contributed by atoms with Gasteiger partial charge in [0.2, 0.25) is 0 Å². The van der Waals surface area contributed by atoms with E-state index in [2.05, 4.69) is 24.8 Å². The van der Waals surface area contributed by atoms with Gasteiger partial charge >= 0.3 is 0 Å². The number of hydrogen-bond acceptors (Lipinski definition) is 5. The Morgan fingerprint density at radius 3 is 2.68 bits per heavy atom. The van der Waals surface area contributed by atoms with Crippen LogP contribution in [0.5, 0.6) is 0 Å². The summed E-state index contributed by atoms with van der Waals surface area (Å²) in [5, 5.41) is 18.9. The Labute approximate surface area is 150 Å². The molecule has 1 saturated heterocycles. The number of nitrogens with zero attached hydrogens (tertiary/aromatic N) is 2. The summed E-state index contributed by atoms with van der Waals surface area (Å²) in [7, 11) is 2.52. The van der Waals surface area contributed by atoms with Crippen LogP contribution in [-0.4, -0.2) is 49.4 Å². The van der Waals surface area contributed by atoms with Crippen molar-refractivity contribution in [1.82, 2.24) is 10.2 Å². The third-order valence-corrected chi connectivity index (χ3v) is 4.81. The summed E-state index contributed by atoms with van der Waals surface area (Å²) < 4.78 is 14.1. The fourth-order valence-electron chi connectivity index (χ4n) is 2.90. The van der Waals surface area contributed by atoms with Gasteiger partial charge < -0.3 is 10.6 Å². The van der Waals surface area contributed by atoms with Gasteiger partial charge in [0.15, 0.2) is 0 Å². The fourth-order valence-corrected chi connectivity index (χ4v) is 3.22. The number of rotatable bonds is 6. The van der Waals surface area contributed by atoms with Crippen molar-refractivity contribution in [2.45, 2.75) is 0 Å². The molecular formula is C18H24FN4OP. The van der Waals surface area contributed by atoms with Crippen LogP contribution in [0.1, 0.15) is 0 Å². The minimum Gasteiger partial charge on any atom is -0.351 e. The molecule has 0 aliphatic carbocycles. The number of hydroxylamine groups is 1. The van der Waals surface area contributed by atoms with Crippen LogP contribution in [0.15, 0.2) is 42.5 Å². The quantitative estimate of drug-likeness (QED) is 0.543. The molecule has 0 amide bonds. The highest BCUT2D eigenvalue weighted by molar-refractivity contribution is 7.28. The van der Waals surface area contributed by atoms with Crippen molar-refractivity contribution in [3.8, 4) is 0 Å². The van der Waals surface area contributed by atoms with Gasteiger partial charge in [0.25, 0.3) is 0 Å². The van der Waals surface area contributed by atoms with Crippen molar-refractivity contribution < 1.29 is 9.60 Å². The maximum Gasteiger partial charge on any atom is 0.147 e. The van der Waals surface area contributed by atoms with E-state index >= 15 is 0 Å². The number of para-hydroxylation sites is 3. The summed E-state index contributed by atoms with van der Waals surface area (Å²) in [5.41, 5.74) is 1.69. The van der Waals surface area contributed by atoms with Gasteiger partial charge in [0, 0.05) is 32.7 Å². The molecule has 1 heterocycles. The van der Waals surface area contributed by atoms with Gasteiger partial charge in [-0.2, -0.15) is 0 Å². The third kappa shape index (κ3) is 4.67. The molecule has 25 heavy (non-hydrogen) atoms. The number of benzene rings is 2. The van der Waals surface area contributed by atoms with Gasteiger partial charge in [-0.05, 0) is 23.5 Å². The molecule has 2 aromatic carbocycles. The highest BCUT2D eigenvalue weighted by atomic mass is 31.0. The first-order valence-corrected chi connectivity index (χ1v) is 9.02. The molecule has 1 atom stereocenters. The Bertz CT molecular complexity index is 689. The van der Waals surface area contributed by atoms with Crippen molar-refractivity contribution in [3.63, 3.8) is 0 Å². The molecule has 1 aliphatic rings. The Morgan fingerprint density at radius 2 is 1.92 bits per heavy atom. The number of halogens is 1. The molecule has 0 spiro atoms. The van der Waals surface area contributed by atoms with E-state index in [0.29, 0.717) is 23.6 Å². The molecular weight excluding hydrogens is 338 g/mol. The highest BCUT2D eigenvalue weighted by Crippen LogP contribution is 2.28. The Balaban J connectivity index is 1.71. The average Bonchev–Trinajstić information content (AvgIpc) is 2.64. The maximum absolute atomic E-state index is 14.1. The van der Waals surface area contributed by atoms with Crippen molar-refractivity contribution in [3.05, 3.63) is 48.3 Å². The number of piperazine rings is 1. The van der Waals surface area contributed by atoms with Gasteiger partial charge in [-0.1, -0.05) is 24.3 Å². The van der Waals surface area contributed by atoms with Gasteiger partial charge in [-0.15, -0.1) is 9.24 Å². The van der Waals surface area contributed by atoms with Crippen molar-refractivity contribution >= 4 is 31.6 Å². The van der Waals surface area contributed by atoms with Crippen LogP contribution < -0.4 is 21.0 Å². The first-order valence-electron chi connectivity index (χ1n) is 8.44. The van der Waals surface area contributed by atoms with Crippen LogP contribution in [0.2, 0.25) is 0 Å². The number of nitrogens with one attached hydrogen (secondary N) is 2. The molecule has 3 N–H and O–H groups in total. The lowest BCUT2D eigenvalue weighted by Gasteiger charge is -2.29. The van der Waals surface area contributed by atoms with Crippen LogP contribution in [0.25, 0.3) is 0 Å². The van der Waals surface area contributed by atoms with Crippen LogP contribution in [0.4, 0.5) is 21.5 Å². The van der Waals surface area contributed by atoms with Crippen LogP contribution in [0.3, 0.4) is 0 Å². The molecule has 0 aromatic heterocycles. The molecule has 1 aliphatic heterocycles. The van der Waals surface area contributed by atoms with Gasteiger partial charge in [0.05, 0.1) is 23.6 Å². The predicted octanol–water partition coefficient (Wildman–Crippen LogP) is 2.17. The Hall–Kier alpha value is -1.72. The molecule has 7 heteroatoms. The minimum atomic E-state index is -0.326. The summed E-state index contributed by atoms with van der Waals surface area (Å²) in [4.78, 5) is 2.31. The smallest absolute Gasteiger partial charge is 0.147 e. The maximum atomic E-state index is 14.1. The number of hydrogen-bond donors (Lipinski definition) is 3. The highest BCUT2D eigenvalue weighted by Gasteiger charge is 2.14. The van der Waals surface area contributed by atoms with Crippen LogP contribution in [0, 0.1) is 5.82 Å². The van der Waals surface area contributed by atoms with Gasteiger partial charge in [0.1, 0.15) is 5.82 Å². The second-order valence-electron chi connectivity index (χ2n) is 6.06. The zero-order valence-electron chi connectivity index (χ0n) is 14.1. The van der Waals surface area contributed by atoms with Gasteiger partial charge in [-0.25, -0.2) is 4.39 Å². The lowest BCUT2D eigenvalue weighted by molar-refractivity contribution is 0.201. The lowest BCUT2D eigenvalue weighted by atomic mass is 10.2. The second-order valence-corrected chi connectivity index (χ2v) is 6.68. The monoisotopic (exact) mass is 362 g/mol. The summed E-state index contributed by atoms with van der Waals surface area (Å²) in [5.74, 6) is -0.326. The Morgan fingerprint density at radius 1 is 1.16 bits per heavy atom. The van der Waals surface area contributed by atoms with Crippen LogP contribution >= 0.6 is 9.24 Å². The number of anilines is 3. The first-order chi connectivity index (χ1) is 12.1. The summed E-state index contributed by atoms with van der Waals surface area (Å²) in [6.45, 7) is 5.20. The molecule has 5 nitrogen and oxygen atoms in total. The SMILES string of the molecule is ON(CCN1CCNCC1)c1ccccc1Nc1c(F)cccc1P. The minimum absolute atomic E-state index is 0.326. The van der Waals surface area contributed by atoms with Gasteiger partial charge in [-0.3, -0.25) is 15.2 Å². The molecule has 134 valence electrons. The average molecular weight is 362 g/mol. The van der Waals surface area contributed by atoms with E-state index in [1.807, 2.05) is 30.3 Å². The Kier molecular flexibility index (Phi) is 6.21. The van der Waals surface area contributed by atoms with Crippen LogP contribution in [-0.2, 0) is 0 Å². The fraction of sp³-hybridized carbons (Fsp3) is 0.333. The lowest BCUT2D eigenvalue weighted by Crippen LogP contribution is -2.46. The van der Waals surface area contributed by atoms with Crippen molar-refractivity contribution in [2.75, 3.05) is 49.6 Å². The van der Waals surface area contributed by atoms with E-state index in [9.17, 15) is 9.60 Å². The predicted molar refractivity (Wildman–Crippen MR) is 104 cm³/mol. The largest absolute Gasteiger partial charge is 0.351 e. The molecule has 0 radical (unpaired) electrons. The molecule has 1 fully saturated rings. The molecule has 2 aromatic rings. The van der Waals surface area contributed by atoms with Crippen molar-refractivity contribution in [2.24, 2.45) is 0 Å². The van der Waals surface area contributed by atoms with E-state index in [4.69, 9.17) is 0 Å². The first kappa shape index (κ1) is 18.1. The topological polar surface area (TPSA) is 50.8 Å². The zero-order valence-corrected chi connectivity index (χ0v) is 15.2. The molecule has 0 saturated carbocycles. The van der Waals surface area contributed by atoms with E-state index in [1.54, 1.807) is 6.07 Å². The zero-order chi connectivity index (χ0) is 17.6. The summed E-state index contributed by atoms with van der Waals surface area (Å²) >= 11 is 0. The molecule has 0 bridgehead atoms. The van der Waals surface area contributed by atoms with E-state index in [0.717, 1.165) is 38.0 Å². The van der Waals surface area contributed by atoms with E-state index in [-0.39, 0.29) is 5.82 Å². The third-order valence-electron chi connectivity index (χ3n) is 4.33. The molecule has 3 rings (SSSR count). The van der Waals surface area contributed by atoms with E-state index in [1.165, 1.54) is 11.1 Å². The van der Waals surface area contributed by atoms with E-state index < -0.39 is 0 Å². The van der Waals surface area contributed by atoms with Crippen molar-refractivity contribution in [1.29, 1.82) is 0 Å². The standard InChI is InChI=1S/C18H24FN4OP/c19-14-4-3-7-17(25)18(14)21-15-5-1-2-6-16(15)23(24)13-12-22-10-8-20-9-11-22/h1-7,20-21,24H,8-13,25H2.